The van der Waals surface area contributed by atoms with Gasteiger partial charge in [0.1, 0.15) is 5.75 Å². The van der Waals surface area contributed by atoms with E-state index in [4.69, 9.17) is 9.97 Å². The molecule has 0 bridgehead atoms. The van der Waals surface area contributed by atoms with E-state index in [9.17, 15) is 5.11 Å². The van der Waals surface area contributed by atoms with Crippen molar-refractivity contribution in [2.24, 2.45) is 0 Å². The Morgan fingerprint density at radius 3 is 2.00 bits per heavy atom. The molecule has 0 saturated carbocycles. The maximum atomic E-state index is 11.0. The van der Waals surface area contributed by atoms with Crippen molar-refractivity contribution in [3.63, 3.8) is 0 Å². The van der Waals surface area contributed by atoms with Crippen molar-refractivity contribution < 1.29 is 26.2 Å². The first-order valence-corrected chi connectivity index (χ1v) is 17.1. The molecule has 0 spiro atoms. The molecule has 52 heavy (non-hydrogen) atoms. The Morgan fingerprint density at radius 1 is 0.538 bits per heavy atom. The predicted molar refractivity (Wildman–Crippen MR) is 209 cm³/mol. The van der Waals surface area contributed by atoms with Crippen LogP contribution in [0.25, 0.3) is 83.5 Å². The Bertz CT molecular complexity index is 2720. The smallest absolute Gasteiger partial charge is 0.127 e. The zero-order valence-electron chi connectivity index (χ0n) is 28.3. The largest absolute Gasteiger partial charge is 0.507 e. The minimum absolute atomic E-state index is 0. The number of aryl methyl sites for hydroxylation is 1. The normalized spacial score (nSPS) is 11.1. The quantitative estimate of drug-likeness (QED) is 0.170. The van der Waals surface area contributed by atoms with Crippen LogP contribution in [0.2, 0.25) is 0 Å². The molecule has 0 aliphatic heterocycles. The molecule has 0 fully saturated rings. The van der Waals surface area contributed by atoms with Gasteiger partial charge in [-0.25, -0.2) is 0 Å². The Balaban J connectivity index is 0.00000387. The van der Waals surface area contributed by atoms with Gasteiger partial charge in [-0.3, -0.25) is 9.97 Å². The van der Waals surface area contributed by atoms with Crippen molar-refractivity contribution in [2.45, 2.75) is 6.92 Å². The number of benzene rings is 6. The van der Waals surface area contributed by atoms with Gasteiger partial charge < -0.3 is 9.67 Å². The van der Waals surface area contributed by atoms with Crippen molar-refractivity contribution in [3.8, 4) is 67.5 Å². The summed E-state index contributed by atoms with van der Waals surface area (Å²) in [4.78, 5) is 9.91. The topological polar surface area (TPSA) is 50.9 Å². The second kappa shape index (κ2) is 13.9. The minimum atomic E-state index is 0. The van der Waals surface area contributed by atoms with Crippen LogP contribution in [0.5, 0.6) is 5.75 Å². The average Bonchev–Trinajstić information content (AvgIpc) is 3.54. The van der Waals surface area contributed by atoms with Crippen molar-refractivity contribution >= 4 is 21.8 Å². The van der Waals surface area contributed by atoms with Crippen LogP contribution in [0.1, 0.15) is 5.56 Å². The van der Waals surface area contributed by atoms with Gasteiger partial charge in [0.15, 0.2) is 0 Å². The van der Waals surface area contributed by atoms with Gasteiger partial charge in [-0.2, -0.15) is 0 Å². The molecule has 6 aromatic carbocycles. The predicted octanol–water partition coefficient (Wildman–Crippen LogP) is 11.7. The summed E-state index contributed by atoms with van der Waals surface area (Å²) in [6.45, 7) is 1.90. The Labute approximate surface area is 317 Å². The Hall–Kier alpha value is -6.09. The molecule has 9 aromatic rings. The number of rotatable bonds is 6. The number of pyridine rings is 2. The molecular formula is C47H32N3OPt-. The van der Waals surface area contributed by atoms with Crippen molar-refractivity contribution in [3.05, 3.63) is 182 Å². The van der Waals surface area contributed by atoms with Crippen LogP contribution in [0.3, 0.4) is 0 Å². The third kappa shape index (κ3) is 5.91. The van der Waals surface area contributed by atoms with E-state index in [2.05, 4.69) is 114 Å². The van der Waals surface area contributed by atoms with Crippen LogP contribution in [0, 0.1) is 13.0 Å². The number of para-hydroxylation sites is 4. The molecule has 0 saturated heterocycles. The first-order valence-electron chi connectivity index (χ1n) is 17.1. The second-order valence-corrected chi connectivity index (χ2v) is 12.8. The number of fused-ring (bicyclic) bond motifs is 3. The molecule has 0 radical (unpaired) electrons. The Kier molecular flexibility index (Phi) is 8.84. The van der Waals surface area contributed by atoms with Crippen LogP contribution in [-0.2, 0) is 21.1 Å². The van der Waals surface area contributed by atoms with Gasteiger partial charge in [0.05, 0.1) is 16.7 Å². The third-order valence-corrected chi connectivity index (χ3v) is 9.57. The molecule has 0 aliphatic carbocycles. The molecule has 4 nitrogen and oxygen atoms in total. The SMILES string of the molecule is Cc1cccc(-c2cc(-c3ccccc3)cc(-c3[c-]c(-c4cc(-c5cccc6c7ccccc7n(-c7ccccc7)c56)ccn4)ccc3)n2)c1O.[Pt]. The van der Waals surface area contributed by atoms with Gasteiger partial charge in [0, 0.05) is 66.2 Å². The third-order valence-electron chi connectivity index (χ3n) is 9.57. The maximum absolute atomic E-state index is 11.0. The molecule has 0 atom stereocenters. The van der Waals surface area contributed by atoms with Crippen LogP contribution in [0.4, 0.5) is 0 Å². The molecule has 0 amide bonds. The molecule has 0 aliphatic rings. The van der Waals surface area contributed by atoms with Crippen LogP contribution in [0.15, 0.2) is 170 Å². The summed E-state index contributed by atoms with van der Waals surface area (Å²) in [5.74, 6) is 0.237. The standard InChI is InChI=1S/C47H32N3O.Pt/c1-31-13-10-23-41(47(31)51)44-30-36(32-14-4-2-5-15-32)29-43(49-44)35-17-11-16-34(27-35)42-28-33(25-26-48-42)38-21-12-22-40-39-20-8-9-24-45(39)50(46(38)40)37-18-6-3-7-19-37;/h2-26,28-30,51H,1H3;/q-1;. The van der Waals surface area contributed by atoms with Gasteiger partial charge in [0.2, 0.25) is 0 Å². The van der Waals surface area contributed by atoms with Gasteiger partial charge in [-0.1, -0.05) is 120 Å². The van der Waals surface area contributed by atoms with Crippen LogP contribution < -0.4 is 0 Å². The minimum Gasteiger partial charge on any atom is -0.507 e. The molecular weight excluding hydrogens is 818 g/mol. The van der Waals surface area contributed by atoms with Crippen molar-refractivity contribution in [2.75, 3.05) is 0 Å². The first-order chi connectivity index (χ1) is 25.1. The number of nitrogens with zero attached hydrogens (tertiary/aromatic N) is 3. The van der Waals surface area contributed by atoms with Gasteiger partial charge in [-0.05, 0) is 65.6 Å². The molecule has 1 N–H and O–H groups in total. The summed E-state index contributed by atoms with van der Waals surface area (Å²) in [7, 11) is 0. The zero-order valence-corrected chi connectivity index (χ0v) is 30.5. The molecule has 5 heteroatoms. The molecule has 9 rings (SSSR count). The van der Waals surface area contributed by atoms with E-state index in [0.717, 1.165) is 61.5 Å². The number of phenolic OH excluding ortho intramolecular Hbond substituents is 1. The van der Waals surface area contributed by atoms with E-state index >= 15 is 0 Å². The van der Waals surface area contributed by atoms with Gasteiger partial charge in [-0.15, -0.1) is 24.3 Å². The molecule has 3 heterocycles. The van der Waals surface area contributed by atoms with E-state index in [1.807, 2.05) is 73.8 Å². The number of hydrogen-bond acceptors (Lipinski definition) is 3. The number of aromatic nitrogens is 3. The van der Waals surface area contributed by atoms with Crippen molar-refractivity contribution in [1.82, 2.24) is 14.5 Å². The number of aromatic hydroxyl groups is 1. The number of phenols is 1. The summed E-state index contributed by atoms with van der Waals surface area (Å²) >= 11 is 0. The molecule has 0 unspecified atom stereocenters. The second-order valence-electron chi connectivity index (χ2n) is 12.8. The maximum Gasteiger partial charge on any atom is 0.127 e. The van der Waals surface area contributed by atoms with Gasteiger partial charge in [0.25, 0.3) is 0 Å². The number of hydrogen-bond donors (Lipinski definition) is 1. The molecule has 252 valence electrons. The monoisotopic (exact) mass is 849 g/mol. The fourth-order valence-corrected chi connectivity index (χ4v) is 7.08. The molecule has 3 aromatic heterocycles. The summed E-state index contributed by atoms with van der Waals surface area (Å²) in [6, 6.07) is 59.8. The van der Waals surface area contributed by atoms with E-state index in [1.54, 1.807) is 0 Å². The van der Waals surface area contributed by atoms with E-state index < -0.39 is 0 Å². The van der Waals surface area contributed by atoms with E-state index in [1.165, 1.54) is 16.3 Å². The summed E-state index contributed by atoms with van der Waals surface area (Å²) in [5.41, 5.74) is 13.3. The first kappa shape index (κ1) is 33.1. The zero-order chi connectivity index (χ0) is 34.3. The fourth-order valence-electron chi connectivity index (χ4n) is 7.08. The summed E-state index contributed by atoms with van der Waals surface area (Å²) < 4.78 is 2.36. The summed E-state index contributed by atoms with van der Waals surface area (Å²) in [6.07, 6.45) is 1.88. The fraction of sp³-hybridized carbons (Fsp3) is 0.0213. The van der Waals surface area contributed by atoms with E-state index in [0.29, 0.717) is 11.3 Å². The van der Waals surface area contributed by atoms with Crippen molar-refractivity contribution in [1.29, 1.82) is 0 Å². The Morgan fingerprint density at radius 2 is 1.17 bits per heavy atom. The van der Waals surface area contributed by atoms with Gasteiger partial charge >= 0.3 is 0 Å². The van der Waals surface area contributed by atoms with Crippen LogP contribution in [-0.4, -0.2) is 19.6 Å². The summed E-state index contributed by atoms with van der Waals surface area (Å²) in [5, 5.41) is 13.4. The average molecular weight is 850 g/mol. The van der Waals surface area contributed by atoms with E-state index in [-0.39, 0.29) is 26.8 Å². The van der Waals surface area contributed by atoms with Crippen LogP contribution >= 0.6 is 0 Å².